The highest BCUT2D eigenvalue weighted by Crippen LogP contribution is 2.34. The van der Waals surface area contributed by atoms with Crippen LogP contribution >= 0.6 is 11.6 Å². The molecule has 0 spiro atoms. The van der Waals surface area contributed by atoms with Crippen molar-refractivity contribution in [1.29, 1.82) is 0 Å². The molecule has 0 bridgehead atoms. The van der Waals surface area contributed by atoms with Crippen molar-refractivity contribution in [2.75, 3.05) is 13.2 Å². The zero-order valence-corrected chi connectivity index (χ0v) is 9.55. The Labute approximate surface area is 94.8 Å². The van der Waals surface area contributed by atoms with E-state index in [4.69, 9.17) is 21.4 Å². The lowest BCUT2D eigenvalue weighted by Gasteiger charge is -2.12. The first-order valence-electron chi connectivity index (χ1n) is 5.25. The molecule has 0 saturated carbocycles. The predicted molar refractivity (Wildman–Crippen MR) is 60.6 cm³/mol. The van der Waals surface area contributed by atoms with Gasteiger partial charge in [-0.2, -0.15) is 0 Å². The number of rotatable bonds is 3. The number of fused-ring (bicyclic) bond motifs is 1. The van der Waals surface area contributed by atoms with Crippen molar-refractivity contribution in [3.63, 3.8) is 0 Å². The van der Waals surface area contributed by atoms with Crippen LogP contribution in [0.1, 0.15) is 18.1 Å². The molecule has 0 radical (unpaired) electrons. The Morgan fingerprint density at radius 2 is 2.33 bits per heavy atom. The van der Waals surface area contributed by atoms with Crippen LogP contribution in [0.4, 0.5) is 0 Å². The Hall–Kier alpha value is -0.730. The van der Waals surface area contributed by atoms with E-state index in [1.807, 2.05) is 19.1 Å². The quantitative estimate of drug-likeness (QED) is 0.858. The zero-order valence-electron chi connectivity index (χ0n) is 8.79. The first-order valence-corrected chi connectivity index (χ1v) is 5.63. The molecule has 1 aromatic carbocycles. The number of benzene rings is 1. The van der Waals surface area contributed by atoms with Crippen molar-refractivity contribution < 1.29 is 9.84 Å². The molecule has 1 unspecified atom stereocenters. The molecule has 0 aromatic heterocycles. The molecule has 15 heavy (non-hydrogen) atoms. The molecular formula is C12H15ClO2. The molecule has 82 valence electrons. The second-order valence-electron chi connectivity index (χ2n) is 4.14. The zero-order chi connectivity index (χ0) is 10.8. The Balaban J connectivity index is 2.30. The van der Waals surface area contributed by atoms with Gasteiger partial charge in [0, 0.05) is 18.1 Å². The third-order valence-electron chi connectivity index (χ3n) is 2.71. The smallest absolute Gasteiger partial charge is 0.125 e. The van der Waals surface area contributed by atoms with Crippen LogP contribution in [0, 0.1) is 5.92 Å². The van der Waals surface area contributed by atoms with Gasteiger partial charge in [-0.15, -0.1) is 0 Å². The van der Waals surface area contributed by atoms with E-state index in [2.05, 4.69) is 0 Å². The summed E-state index contributed by atoms with van der Waals surface area (Å²) in [6, 6.07) is 3.91. The van der Waals surface area contributed by atoms with E-state index in [0.717, 1.165) is 35.8 Å². The third kappa shape index (κ3) is 2.27. The topological polar surface area (TPSA) is 29.5 Å². The molecule has 1 aliphatic heterocycles. The molecule has 2 rings (SSSR count). The molecule has 1 aliphatic rings. The number of hydrogen-bond donors (Lipinski definition) is 1. The highest BCUT2D eigenvalue weighted by atomic mass is 35.5. The molecule has 1 aromatic rings. The lowest BCUT2D eigenvalue weighted by molar-refractivity contribution is 0.236. The molecular weight excluding hydrogens is 212 g/mol. The fraction of sp³-hybridized carbons (Fsp3) is 0.500. The van der Waals surface area contributed by atoms with Crippen molar-refractivity contribution in [1.82, 2.24) is 0 Å². The summed E-state index contributed by atoms with van der Waals surface area (Å²) in [5, 5.41) is 9.80. The van der Waals surface area contributed by atoms with Gasteiger partial charge < -0.3 is 9.84 Å². The van der Waals surface area contributed by atoms with E-state index >= 15 is 0 Å². The average molecular weight is 227 g/mol. The molecule has 3 heteroatoms. The first-order chi connectivity index (χ1) is 7.20. The molecule has 1 atom stereocenters. The molecule has 1 heterocycles. The van der Waals surface area contributed by atoms with Crippen molar-refractivity contribution in [2.24, 2.45) is 5.92 Å². The van der Waals surface area contributed by atoms with E-state index in [-0.39, 0.29) is 12.5 Å². The number of halogens is 1. The predicted octanol–water partition coefficient (Wildman–Crippen LogP) is 2.45. The third-order valence-corrected chi connectivity index (χ3v) is 2.92. The van der Waals surface area contributed by atoms with Crippen LogP contribution in [0.5, 0.6) is 5.75 Å². The standard InChI is InChI=1S/C12H15ClO2/c1-8(7-14)4-10-6-11(13)5-9-2-3-15-12(9)10/h5-6,8,14H,2-4,7H2,1H3. The Kier molecular flexibility index (Phi) is 3.17. The Morgan fingerprint density at radius 1 is 1.53 bits per heavy atom. The Bertz CT molecular complexity index is 363. The largest absolute Gasteiger partial charge is 0.493 e. The molecule has 2 nitrogen and oxygen atoms in total. The van der Waals surface area contributed by atoms with Crippen LogP contribution in [0.25, 0.3) is 0 Å². The average Bonchev–Trinajstić information content (AvgIpc) is 2.65. The maximum atomic E-state index is 9.04. The van der Waals surface area contributed by atoms with E-state index in [0.29, 0.717) is 0 Å². The summed E-state index contributed by atoms with van der Waals surface area (Å²) in [6.45, 7) is 2.96. The van der Waals surface area contributed by atoms with E-state index in [1.165, 1.54) is 5.56 Å². The van der Waals surface area contributed by atoms with Crippen LogP contribution in [0.15, 0.2) is 12.1 Å². The SMILES string of the molecule is CC(CO)Cc1cc(Cl)cc2c1OCC2. The summed E-state index contributed by atoms with van der Waals surface area (Å²) < 4.78 is 5.59. The minimum absolute atomic E-state index is 0.196. The van der Waals surface area contributed by atoms with Crippen molar-refractivity contribution in [3.8, 4) is 5.75 Å². The van der Waals surface area contributed by atoms with Gasteiger partial charge >= 0.3 is 0 Å². The van der Waals surface area contributed by atoms with Gasteiger partial charge in [-0.1, -0.05) is 18.5 Å². The Morgan fingerprint density at radius 3 is 3.07 bits per heavy atom. The summed E-state index contributed by atoms with van der Waals surface area (Å²) in [6.07, 6.45) is 1.76. The molecule has 0 aliphatic carbocycles. The lowest BCUT2D eigenvalue weighted by atomic mass is 9.99. The maximum Gasteiger partial charge on any atom is 0.125 e. The van der Waals surface area contributed by atoms with Crippen molar-refractivity contribution >= 4 is 11.6 Å². The van der Waals surface area contributed by atoms with E-state index in [1.54, 1.807) is 0 Å². The van der Waals surface area contributed by atoms with Crippen molar-refractivity contribution in [2.45, 2.75) is 19.8 Å². The summed E-state index contributed by atoms with van der Waals surface area (Å²) in [4.78, 5) is 0. The molecule has 0 fully saturated rings. The van der Waals surface area contributed by atoms with Gasteiger partial charge in [-0.25, -0.2) is 0 Å². The fourth-order valence-corrected chi connectivity index (χ4v) is 2.20. The summed E-state index contributed by atoms with van der Waals surface area (Å²) in [5.74, 6) is 1.23. The number of hydrogen-bond acceptors (Lipinski definition) is 2. The van der Waals surface area contributed by atoms with E-state index in [9.17, 15) is 0 Å². The summed E-state index contributed by atoms with van der Waals surface area (Å²) in [5.41, 5.74) is 2.32. The van der Waals surface area contributed by atoms with Gasteiger partial charge in [0.05, 0.1) is 6.61 Å². The summed E-state index contributed by atoms with van der Waals surface area (Å²) in [7, 11) is 0. The van der Waals surface area contributed by atoms with Gasteiger partial charge in [0.15, 0.2) is 0 Å². The van der Waals surface area contributed by atoms with Crippen LogP contribution < -0.4 is 4.74 Å². The number of aliphatic hydroxyl groups is 1. The maximum absolute atomic E-state index is 9.04. The van der Waals surface area contributed by atoms with Crippen LogP contribution in [-0.4, -0.2) is 18.3 Å². The van der Waals surface area contributed by atoms with Gasteiger partial charge in [0.2, 0.25) is 0 Å². The minimum Gasteiger partial charge on any atom is -0.493 e. The molecule has 0 saturated heterocycles. The van der Waals surface area contributed by atoms with Crippen molar-refractivity contribution in [3.05, 3.63) is 28.3 Å². The second-order valence-corrected chi connectivity index (χ2v) is 4.58. The van der Waals surface area contributed by atoms with E-state index < -0.39 is 0 Å². The monoisotopic (exact) mass is 226 g/mol. The van der Waals surface area contributed by atoms with Gasteiger partial charge in [-0.3, -0.25) is 0 Å². The van der Waals surface area contributed by atoms with Crippen LogP contribution in [-0.2, 0) is 12.8 Å². The van der Waals surface area contributed by atoms with Crippen LogP contribution in [0.3, 0.4) is 0 Å². The second kappa shape index (κ2) is 4.42. The van der Waals surface area contributed by atoms with Crippen LogP contribution in [0.2, 0.25) is 5.02 Å². The first kappa shape index (κ1) is 10.8. The number of aliphatic hydroxyl groups excluding tert-OH is 1. The van der Waals surface area contributed by atoms with Gasteiger partial charge in [0.1, 0.15) is 5.75 Å². The van der Waals surface area contributed by atoms with Gasteiger partial charge in [-0.05, 0) is 35.6 Å². The fourth-order valence-electron chi connectivity index (χ4n) is 1.94. The van der Waals surface area contributed by atoms with Gasteiger partial charge in [0.25, 0.3) is 0 Å². The molecule has 1 N–H and O–H groups in total. The highest BCUT2D eigenvalue weighted by Gasteiger charge is 2.18. The highest BCUT2D eigenvalue weighted by molar-refractivity contribution is 6.30. The molecule has 0 amide bonds. The lowest BCUT2D eigenvalue weighted by Crippen LogP contribution is -2.05. The summed E-state index contributed by atoms with van der Waals surface area (Å²) >= 11 is 6.04. The minimum atomic E-state index is 0.196. The number of ether oxygens (including phenoxy) is 1. The normalized spacial score (nSPS) is 15.9.